The van der Waals surface area contributed by atoms with Crippen LogP contribution in [0.5, 0.6) is 17.2 Å². The number of hydrogen-bond acceptors (Lipinski definition) is 5. The molecule has 0 radical (unpaired) electrons. The monoisotopic (exact) mass is 424 g/mol. The summed E-state index contributed by atoms with van der Waals surface area (Å²) in [7, 11) is 0. The minimum atomic E-state index is -1.03. The molecule has 6 heteroatoms. The molecule has 0 amide bonds. The summed E-state index contributed by atoms with van der Waals surface area (Å²) in [6.45, 7) is 11.8. The average Bonchev–Trinajstić information content (AvgIpc) is 2.76. The van der Waals surface area contributed by atoms with Crippen molar-refractivity contribution in [2.45, 2.75) is 26.2 Å². The number of carbonyl (C=O) groups is 2. The van der Waals surface area contributed by atoms with Crippen molar-refractivity contribution in [3.63, 3.8) is 0 Å². The van der Waals surface area contributed by atoms with E-state index >= 15 is 0 Å². The maximum absolute atomic E-state index is 13.5. The van der Waals surface area contributed by atoms with E-state index in [1.165, 1.54) is 0 Å². The summed E-state index contributed by atoms with van der Waals surface area (Å²) in [4.78, 5) is 25.5. The first-order valence-corrected chi connectivity index (χ1v) is 10.1. The van der Waals surface area contributed by atoms with Crippen LogP contribution in [0.15, 0.2) is 61.7 Å². The van der Waals surface area contributed by atoms with Gasteiger partial charge in [0, 0.05) is 11.6 Å². The topological polar surface area (TPSA) is 82.1 Å². The van der Waals surface area contributed by atoms with Gasteiger partial charge in [0.1, 0.15) is 30.5 Å². The van der Waals surface area contributed by atoms with Gasteiger partial charge in [0.05, 0.1) is 18.1 Å². The zero-order valence-electron chi connectivity index (χ0n) is 17.9. The first kappa shape index (κ1) is 23.7. The Balaban J connectivity index is 2.66. The van der Waals surface area contributed by atoms with Crippen LogP contribution in [0, 0.1) is 0 Å². The van der Waals surface area contributed by atoms with E-state index in [2.05, 4.69) is 13.2 Å². The lowest BCUT2D eigenvalue weighted by molar-refractivity contribution is -0.138. The second-order valence-electron chi connectivity index (χ2n) is 6.67. The first-order valence-electron chi connectivity index (χ1n) is 10.1. The van der Waals surface area contributed by atoms with Gasteiger partial charge in [0.2, 0.25) is 0 Å². The number of carboxylic acid groups (broad SMARTS) is 1. The highest BCUT2D eigenvalue weighted by molar-refractivity contribution is 6.12. The van der Waals surface area contributed by atoms with E-state index in [1.54, 1.807) is 55.5 Å². The van der Waals surface area contributed by atoms with E-state index in [9.17, 15) is 14.7 Å². The van der Waals surface area contributed by atoms with E-state index in [-0.39, 0.29) is 30.3 Å². The number of rotatable bonds is 13. The fourth-order valence-electron chi connectivity index (χ4n) is 3.17. The molecule has 0 heterocycles. The highest BCUT2D eigenvalue weighted by Crippen LogP contribution is 2.37. The van der Waals surface area contributed by atoms with Crippen LogP contribution in [0.2, 0.25) is 0 Å². The number of benzene rings is 2. The molecule has 2 rings (SSSR count). The number of hydrogen-bond donors (Lipinski definition) is 1. The van der Waals surface area contributed by atoms with Gasteiger partial charge in [-0.15, -0.1) is 0 Å². The summed E-state index contributed by atoms with van der Waals surface area (Å²) in [6, 6.07) is 9.89. The lowest BCUT2D eigenvalue weighted by atomic mass is 9.87. The predicted octanol–water partition coefficient (Wildman–Crippen LogP) is 5.02. The zero-order valence-corrected chi connectivity index (χ0v) is 17.9. The van der Waals surface area contributed by atoms with Crippen molar-refractivity contribution in [2.24, 2.45) is 0 Å². The van der Waals surface area contributed by atoms with Gasteiger partial charge < -0.3 is 19.3 Å². The highest BCUT2D eigenvalue weighted by Gasteiger charge is 2.29. The summed E-state index contributed by atoms with van der Waals surface area (Å²) in [6.07, 6.45) is 3.43. The Morgan fingerprint density at radius 3 is 2.16 bits per heavy atom. The van der Waals surface area contributed by atoms with Crippen LogP contribution in [0.4, 0.5) is 0 Å². The molecule has 1 unspecified atom stereocenters. The molecule has 2 aromatic carbocycles. The van der Waals surface area contributed by atoms with Crippen LogP contribution in [-0.4, -0.2) is 36.7 Å². The van der Waals surface area contributed by atoms with Crippen LogP contribution in [0.25, 0.3) is 0 Å². The lowest BCUT2D eigenvalue weighted by Gasteiger charge is -2.20. The van der Waals surface area contributed by atoms with Crippen molar-refractivity contribution in [3.8, 4) is 17.2 Å². The van der Waals surface area contributed by atoms with E-state index in [0.717, 1.165) is 0 Å². The molecule has 0 saturated carbocycles. The van der Waals surface area contributed by atoms with Crippen LogP contribution < -0.4 is 14.2 Å². The van der Waals surface area contributed by atoms with Gasteiger partial charge in [-0.2, -0.15) is 0 Å². The summed E-state index contributed by atoms with van der Waals surface area (Å²) < 4.78 is 16.8. The molecular formula is C25H28O6. The van der Waals surface area contributed by atoms with Gasteiger partial charge in [-0.25, -0.2) is 0 Å². The van der Waals surface area contributed by atoms with E-state index in [1.807, 2.05) is 6.92 Å². The largest absolute Gasteiger partial charge is 0.494 e. The molecule has 0 aliphatic carbocycles. The van der Waals surface area contributed by atoms with Crippen molar-refractivity contribution in [1.82, 2.24) is 0 Å². The Kier molecular flexibility index (Phi) is 8.88. The van der Waals surface area contributed by atoms with Crippen LogP contribution in [0.1, 0.15) is 47.7 Å². The summed E-state index contributed by atoms with van der Waals surface area (Å²) >= 11 is 0. The molecular weight excluding hydrogens is 396 g/mol. The second-order valence-corrected chi connectivity index (χ2v) is 6.67. The van der Waals surface area contributed by atoms with Gasteiger partial charge in [-0.05, 0) is 49.2 Å². The Hall–Kier alpha value is -3.54. The molecule has 0 aliphatic heterocycles. The number of ether oxygens (including phenoxy) is 3. The van der Waals surface area contributed by atoms with Crippen molar-refractivity contribution in [2.75, 3.05) is 19.8 Å². The number of ketones is 1. The van der Waals surface area contributed by atoms with Crippen LogP contribution >= 0.6 is 0 Å². The lowest BCUT2D eigenvalue weighted by Crippen LogP contribution is -2.17. The maximum Gasteiger partial charge on any atom is 0.310 e. The quantitative estimate of drug-likeness (QED) is 0.359. The molecule has 164 valence electrons. The Morgan fingerprint density at radius 1 is 0.968 bits per heavy atom. The normalized spacial score (nSPS) is 11.3. The smallest absolute Gasteiger partial charge is 0.310 e. The van der Waals surface area contributed by atoms with E-state index in [4.69, 9.17) is 14.2 Å². The Morgan fingerprint density at radius 2 is 1.61 bits per heavy atom. The first-order chi connectivity index (χ1) is 15.0. The number of carboxylic acids is 1. The Labute approximate surface area is 182 Å². The SMILES string of the molecule is C=CCOc1cc(OCC=C)c(C(=O)c2ccc(OCC)cc2)c(C(CC)C(=O)O)c1. The fourth-order valence-corrected chi connectivity index (χ4v) is 3.17. The molecule has 1 N–H and O–H groups in total. The minimum Gasteiger partial charge on any atom is -0.494 e. The predicted molar refractivity (Wildman–Crippen MR) is 120 cm³/mol. The molecule has 0 aliphatic rings. The minimum absolute atomic E-state index is 0.151. The van der Waals surface area contributed by atoms with Gasteiger partial charge in [-0.1, -0.05) is 32.2 Å². The van der Waals surface area contributed by atoms with Crippen LogP contribution in [0.3, 0.4) is 0 Å². The molecule has 0 fully saturated rings. The summed E-state index contributed by atoms with van der Waals surface area (Å²) in [5.41, 5.74) is 0.939. The molecule has 1 atom stereocenters. The van der Waals surface area contributed by atoms with Gasteiger partial charge in [0.15, 0.2) is 5.78 Å². The summed E-state index contributed by atoms with van der Waals surface area (Å²) in [5, 5.41) is 9.79. The molecule has 0 spiro atoms. The van der Waals surface area contributed by atoms with Gasteiger partial charge in [-0.3, -0.25) is 9.59 Å². The van der Waals surface area contributed by atoms with Crippen molar-refractivity contribution in [3.05, 3.63) is 78.4 Å². The highest BCUT2D eigenvalue weighted by atomic mass is 16.5. The molecule has 0 bridgehead atoms. The van der Waals surface area contributed by atoms with Crippen molar-refractivity contribution < 1.29 is 28.9 Å². The summed E-state index contributed by atoms with van der Waals surface area (Å²) in [5.74, 6) is -0.981. The molecule has 2 aromatic rings. The average molecular weight is 424 g/mol. The molecule has 0 aromatic heterocycles. The molecule has 0 saturated heterocycles. The maximum atomic E-state index is 13.5. The third-order valence-electron chi connectivity index (χ3n) is 4.57. The molecule has 6 nitrogen and oxygen atoms in total. The van der Waals surface area contributed by atoms with Crippen molar-refractivity contribution >= 4 is 11.8 Å². The number of aliphatic carboxylic acids is 1. The van der Waals surface area contributed by atoms with Crippen molar-refractivity contribution in [1.29, 1.82) is 0 Å². The standard InChI is InChI=1S/C25H28O6/c1-5-13-30-19-15-21(20(7-3)25(27)28)23(22(16-19)31-14-6-2)24(26)17-9-11-18(12-10-17)29-8-4/h5-6,9-12,15-16,20H,1-2,7-8,13-14H2,3-4H3,(H,27,28). The third kappa shape index (κ3) is 5.98. The second kappa shape index (κ2) is 11.6. The zero-order chi connectivity index (χ0) is 22.8. The van der Waals surface area contributed by atoms with Gasteiger partial charge in [0.25, 0.3) is 0 Å². The fraction of sp³-hybridized carbons (Fsp3) is 0.280. The van der Waals surface area contributed by atoms with Crippen LogP contribution in [-0.2, 0) is 4.79 Å². The van der Waals surface area contributed by atoms with E-state index in [0.29, 0.717) is 35.7 Å². The third-order valence-corrected chi connectivity index (χ3v) is 4.57. The Bertz CT molecular complexity index is 930. The number of carbonyl (C=O) groups excluding carboxylic acids is 1. The molecule has 31 heavy (non-hydrogen) atoms. The van der Waals surface area contributed by atoms with Gasteiger partial charge >= 0.3 is 5.97 Å². The van der Waals surface area contributed by atoms with E-state index < -0.39 is 11.9 Å².